The minimum atomic E-state index is -1.15. The Kier molecular flexibility index (Phi) is 5.59. The molecule has 0 amide bonds. The molecule has 0 spiro atoms. The van der Waals surface area contributed by atoms with Crippen LogP contribution in [0.4, 0.5) is 4.39 Å². The molecule has 17 heavy (non-hydrogen) atoms. The van der Waals surface area contributed by atoms with Gasteiger partial charge in [0.1, 0.15) is 5.82 Å². The predicted octanol–water partition coefficient (Wildman–Crippen LogP) is 2.08. The molecule has 0 saturated carbocycles. The van der Waals surface area contributed by atoms with Gasteiger partial charge >= 0.3 is 5.97 Å². The van der Waals surface area contributed by atoms with Gasteiger partial charge in [0.15, 0.2) is 0 Å². The first-order valence-electron chi connectivity index (χ1n) is 5.23. The Bertz CT molecular complexity index is 379. The van der Waals surface area contributed by atoms with Crippen LogP contribution in [0, 0.1) is 5.82 Å². The van der Waals surface area contributed by atoms with E-state index in [1.807, 2.05) is 0 Å². The molecular weight excluding hydrogens is 227 g/mol. The van der Waals surface area contributed by atoms with Crippen LogP contribution in [0.1, 0.15) is 22.3 Å². The first-order chi connectivity index (χ1) is 8.15. The topological polar surface area (TPSA) is 55.8 Å². The van der Waals surface area contributed by atoms with Gasteiger partial charge in [0.25, 0.3) is 0 Å². The maximum absolute atomic E-state index is 12.9. The first kappa shape index (κ1) is 13.6. The van der Waals surface area contributed by atoms with Gasteiger partial charge in [0, 0.05) is 20.3 Å². The molecule has 0 fully saturated rings. The van der Waals surface area contributed by atoms with Crippen LogP contribution in [0.3, 0.4) is 0 Å². The predicted molar refractivity (Wildman–Crippen MR) is 59.5 cm³/mol. The quantitative estimate of drug-likeness (QED) is 0.744. The molecule has 1 aromatic carbocycles. The minimum absolute atomic E-state index is 0.0586. The zero-order chi connectivity index (χ0) is 12.7. The highest BCUT2D eigenvalue weighted by atomic mass is 19.1. The standard InChI is InChI=1S/C12H15FO4/c1-16-5-2-6-17-8-9-3-4-10(13)7-11(9)12(14)15/h3-4,7H,2,5-6,8H2,1H3,(H,14,15). The molecule has 1 aromatic rings. The van der Waals surface area contributed by atoms with E-state index in [1.54, 1.807) is 7.11 Å². The highest BCUT2D eigenvalue weighted by Crippen LogP contribution is 2.12. The lowest BCUT2D eigenvalue weighted by Crippen LogP contribution is -2.06. The Hall–Kier alpha value is -1.46. The fourth-order valence-corrected chi connectivity index (χ4v) is 1.36. The smallest absolute Gasteiger partial charge is 0.336 e. The molecule has 1 rings (SSSR count). The summed E-state index contributed by atoms with van der Waals surface area (Å²) in [5, 5.41) is 8.89. The van der Waals surface area contributed by atoms with Crippen molar-refractivity contribution >= 4 is 5.97 Å². The lowest BCUT2D eigenvalue weighted by atomic mass is 10.1. The Morgan fingerprint density at radius 2 is 2.18 bits per heavy atom. The summed E-state index contributed by atoms with van der Waals surface area (Å²) >= 11 is 0. The molecule has 0 unspecified atom stereocenters. The number of aromatic carboxylic acids is 1. The van der Waals surface area contributed by atoms with Crippen molar-refractivity contribution in [2.45, 2.75) is 13.0 Å². The molecule has 5 heteroatoms. The second kappa shape index (κ2) is 6.98. The lowest BCUT2D eigenvalue weighted by molar-refractivity contribution is 0.0680. The molecule has 0 atom stereocenters. The number of ether oxygens (including phenoxy) is 2. The van der Waals surface area contributed by atoms with Crippen molar-refractivity contribution < 1.29 is 23.8 Å². The van der Waals surface area contributed by atoms with Crippen molar-refractivity contribution in [3.05, 3.63) is 35.1 Å². The van der Waals surface area contributed by atoms with E-state index in [9.17, 15) is 9.18 Å². The van der Waals surface area contributed by atoms with Gasteiger partial charge in [-0.05, 0) is 24.1 Å². The van der Waals surface area contributed by atoms with E-state index in [4.69, 9.17) is 14.6 Å². The van der Waals surface area contributed by atoms with Gasteiger partial charge in [-0.1, -0.05) is 6.07 Å². The van der Waals surface area contributed by atoms with Crippen LogP contribution >= 0.6 is 0 Å². The maximum atomic E-state index is 12.9. The molecule has 0 aliphatic rings. The second-order valence-corrected chi connectivity index (χ2v) is 3.51. The molecule has 0 aromatic heterocycles. The summed E-state index contributed by atoms with van der Waals surface area (Å²) in [5.74, 6) is -1.72. The Labute approximate surface area is 99.0 Å². The van der Waals surface area contributed by atoms with Crippen LogP contribution in [0.5, 0.6) is 0 Å². The SMILES string of the molecule is COCCCOCc1ccc(F)cc1C(=O)O. The largest absolute Gasteiger partial charge is 0.478 e. The number of rotatable bonds is 7. The zero-order valence-electron chi connectivity index (χ0n) is 9.61. The number of hydrogen-bond donors (Lipinski definition) is 1. The molecule has 4 nitrogen and oxygen atoms in total. The summed E-state index contributed by atoms with van der Waals surface area (Å²) < 4.78 is 23.0. The minimum Gasteiger partial charge on any atom is -0.478 e. The van der Waals surface area contributed by atoms with E-state index in [-0.39, 0.29) is 12.2 Å². The molecule has 94 valence electrons. The number of carboxylic acids is 1. The summed E-state index contributed by atoms with van der Waals surface area (Å²) in [4.78, 5) is 10.9. The normalized spacial score (nSPS) is 10.5. The third-order valence-electron chi connectivity index (χ3n) is 2.20. The zero-order valence-corrected chi connectivity index (χ0v) is 9.61. The number of hydrogen-bond acceptors (Lipinski definition) is 3. The van der Waals surface area contributed by atoms with Gasteiger partial charge in [-0.25, -0.2) is 9.18 Å². The fourth-order valence-electron chi connectivity index (χ4n) is 1.36. The van der Waals surface area contributed by atoms with Crippen LogP contribution in [0.15, 0.2) is 18.2 Å². The average Bonchev–Trinajstić information content (AvgIpc) is 2.30. The summed E-state index contributed by atoms with van der Waals surface area (Å²) in [6.07, 6.45) is 0.736. The Morgan fingerprint density at radius 1 is 1.41 bits per heavy atom. The van der Waals surface area contributed by atoms with Gasteiger partial charge in [-0.2, -0.15) is 0 Å². The van der Waals surface area contributed by atoms with Gasteiger partial charge in [-0.15, -0.1) is 0 Å². The van der Waals surface area contributed by atoms with Gasteiger partial charge in [0.05, 0.1) is 12.2 Å². The maximum Gasteiger partial charge on any atom is 0.336 e. The molecule has 1 N–H and O–H groups in total. The Balaban J connectivity index is 2.55. The molecule has 0 heterocycles. The molecule has 0 saturated heterocycles. The van der Waals surface area contributed by atoms with Crippen molar-refractivity contribution in [3.8, 4) is 0 Å². The summed E-state index contributed by atoms with van der Waals surface area (Å²) in [6, 6.07) is 3.64. The van der Waals surface area contributed by atoms with Crippen LogP contribution in [-0.4, -0.2) is 31.4 Å². The van der Waals surface area contributed by atoms with E-state index in [1.165, 1.54) is 12.1 Å². The van der Waals surface area contributed by atoms with E-state index in [0.29, 0.717) is 18.8 Å². The number of methoxy groups -OCH3 is 1. The first-order valence-corrected chi connectivity index (χ1v) is 5.23. The highest BCUT2D eigenvalue weighted by molar-refractivity contribution is 5.89. The average molecular weight is 242 g/mol. The monoisotopic (exact) mass is 242 g/mol. The number of halogens is 1. The Morgan fingerprint density at radius 3 is 2.82 bits per heavy atom. The van der Waals surface area contributed by atoms with E-state index in [0.717, 1.165) is 12.5 Å². The summed E-state index contributed by atoms with van der Waals surface area (Å²) in [7, 11) is 1.60. The summed E-state index contributed by atoms with van der Waals surface area (Å²) in [6.45, 7) is 1.23. The van der Waals surface area contributed by atoms with Crippen molar-refractivity contribution in [2.24, 2.45) is 0 Å². The summed E-state index contributed by atoms with van der Waals surface area (Å²) in [5.41, 5.74) is 0.410. The third kappa shape index (κ3) is 4.50. The number of benzene rings is 1. The van der Waals surface area contributed by atoms with Gasteiger partial charge < -0.3 is 14.6 Å². The lowest BCUT2D eigenvalue weighted by Gasteiger charge is -2.07. The van der Waals surface area contributed by atoms with Crippen LogP contribution in [0.2, 0.25) is 0 Å². The van der Waals surface area contributed by atoms with Crippen LogP contribution < -0.4 is 0 Å². The van der Waals surface area contributed by atoms with Crippen molar-refractivity contribution in [1.29, 1.82) is 0 Å². The van der Waals surface area contributed by atoms with E-state index < -0.39 is 11.8 Å². The van der Waals surface area contributed by atoms with Crippen LogP contribution in [0.25, 0.3) is 0 Å². The molecule has 0 aliphatic carbocycles. The van der Waals surface area contributed by atoms with Crippen LogP contribution in [-0.2, 0) is 16.1 Å². The second-order valence-electron chi connectivity index (χ2n) is 3.51. The number of carbonyl (C=O) groups is 1. The molecule has 0 radical (unpaired) electrons. The van der Waals surface area contributed by atoms with Gasteiger partial charge in [-0.3, -0.25) is 0 Å². The molecular formula is C12H15FO4. The van der Waals surface area contributed by atoms with E-state index >= 15 is 0 Å². The third-order valence-corrected chi connectivity index (χ3v) is 2.20. The van der Waals surface area contributed by atoms with E-state index in [2.05, 4.69) is 0 Å². The molecule has 0 aliphatic heterocycles. The highest BCUT2D eigenvalue weighted by Gasteiger charge is 2.11. The molecule has 0 bridgehead atoms. The van der Waals surface area contributed by atoms with Crippen molar-refractivity contribution in [1.82, 2.24) is 0 Å². The number of carboxylic acid groups (broad SMARTS) is 1. The van der Waals surface area contributed by atoms with Crippen molar-refractivity contribution in [3.63, 3.8) is 0 Å². The fraction of sp³-hybridized carbons (Fsp3) is 0.417. The van der Waals surface area contributed by atoms with Crippen molar-refractivity contribution in [2.75, 3.05) is 20.3 Å². The van der Waals surface area contributed by atoms with Gasteiger partial charge in [0.2, 0.25) is 0 Å².